The van der Waals surface area contributed by atoms with Crippen LogP contribution >= 0.6 is 0 Å². The Kier molecular flexibility index (Phi) is 10.3. The van der Waals surface area contributed by atoms with Crippen molar-refractivity contribution in [2.24, 2.45) is 0 Å². The first-order valence-corrected chi connectivity index (χ1v) is 3.29. The van der Waals surface area contributed by atoms with Crippen LogP contribution in [-0.2, 0) is 31.2 Å². The zero-order valence-electron chi connectivity index (χ0n) is 6.82. The van der Waals surface area contributed by atoms with Crippen molar-refractivity contribution in [3.8, 4) is 0 Å². The van der Waals surface area contributed by atoms with Gasteiger partial charge in [0, 0.05) is 28.1 Å². The molecule has 0 spiro atoms. The Labute approximate surface area is 87.0 Å². The minimum Gasteiger partial charge on any atom is -0.460 e. The second kappa shape index (κ2) is 8.72. The van der Waals surface area contributed by atoms with E-state index >= 15 is 0 Å². The maximum atomic E-state index is 10.7. The maximum Gasteiger partial charge on any atom is 0.335 e. The quantitative estimate of drug-likeness (QED) is 0.406. The monoisotopic (exact) mass is 204 g/mol. The Morgan fingerprint density at radius 2 is 2.08 bits per heavy atom. The molecule has 0 saturated carbocycles. The van der Waals surface area contributed by atoms with Gasteiger partial charge in [-0.3, -0.25) is 0 Å². The Balaban J connectivity index is 0. The van der Waals surface area contributed by atoms with Gasteiger partial charge < -0.3 is 9.84 Å². The Hall–Kier alpha value is -0.376. The van der Waals surface area contributed by atoms with Gasteiger partial charge in [0.25, 0.3) is 0 Å². The van der Waals surface area contributed by atoms with Gasteiger partial charge in [-0.15, -0.1) is 6.58 Å². The normalized spacial score (nSPS) is 10.8. The van der Waals surface area contributed by atoms with Crippen LogP contribution in [0.2, 0.25) is 0 Å². The van der Waals surface area contributed by atoms with Gasteiger partial charge in [-0.05, 0) is 0 Å². The van der Waals surface area contributed by atoms with E-state index in [-0.39, 0.29) is 34.7 Å². The van der Waals surface area contributed by atoms with Crippen molar-refractivity contribution in [1.82, 2.24) is 0 Å². The van der Waals surface area contributed by atoms with Crippen LogP contribution in [0.4, 0.5) is 0 Å². The van der Waals surface area contributed by atoms with Crippen molar-refractivity contribution >= 4 is 5.97 Å². The van der Waals surface area contributed by atoms with E-state index in [0.717, 1.165) is 0 Å². The largest absolute Gasteiger partial charge is 0.460 e. The summed E-state index contributed by atoms with van der Waals surface area (Å²) in [5, 5.41) is 8.96. The first-order valence-electron chi connectivity index (χ1n) is 3.29. The summed E-state index contributed by atoms with van der Waals surface area (Å²) in [4.78, 5) is 10.7. The Morgan fingerprint density at radius 3 is 2.50 bits per heavy atom. The summed E-state index contributed by atoms with van der Waals surface area (Å²) < 4.78 is 4.55. The molecule has 0 aliphatic heterocycles. The fourth-order valence-corrected chi connectivity index (χ4v) is 0.491. The standard InChI is InChI=1S/C8H12O3.Ti/c1-3-5-7(9)8(10)11-6-4-2;/h3-4,7,9H,1-2,5-6H2;. The van der Waals surface area contributed by atoms with E-state index in [9.17, 15) is 4.79 Å². The summed E-state index contributed by atoms with van der Waals surface area (Å²) >= 11 is 0. The number of carbonyl (C=O) groups excluding carboxylic acids is 1. The molecule has 0 aliphatic rings. The molecule has 0 amide bonds. The topological polar surface area (TPSA) is 46.5 Å². The van der Waals surface area contributed by atoms with Gasteiger partial charge in [-0.2, -0.15) is 0 Å². The van der Waals surface area contributed by atoms with E-state index < -0.39 is 12.1 Å². The second-order valence-corrected chi connectivity index (χ2v) is 1.96. The van der Waals surface area contributed by atoms with E-state index in [1.807, 2.05) is 0 Å². The third-order valence-corrected chi connectivity index (χ3v) is 1.01. The molecule has 0 saturated heterocycles. The predicted molar refractivity (Wildman–Crippen MR) is 42.0 cm³/mol. The second-order valence-electron chi connectivity index (χ2n) is 1.96. The molecule has 66 valence electrons. The zero-order valence-corrected chi connectivity index (χ0v) is 8.39. The summed E-state index contributed by atoms with van der Waals surface area (Å²) in [7, 11) is 0. The summed E-state index contributed by atoms with van der Waals surface area (Å²) in [6.45, 7) is 6.87. The Morgan fingerprint density at radius 1 is 1.50 bits per heavy atom. The molecule has 0 aromatic carbocycles. The van der Waals surface area contributed by atoms with Gasteiger partial charge >= 0.3 is 5.97 Å². The smallest absolute Gasteiger partial charge is 0.335 e. The number of hydrogen-bond acceptors (Lipinski definition) is 3. The van der Waals surface area contributed by atoms with Gasteiger partial charge in [0.15, 0.2) is 6.10 Å². The van der Waals surface area contributed by atoms with Crippen LogP contribution < -0.4 is 0 Å². The molecule has 1 atom stereocenters. The number of hydrogen-bond donors (Lipinski definition) is 1. The molecule has 4 heteroatoms. The van der Waals surface area contributed by atoms with Crippen molar-refractivity contribution in [3.63, 3.8) is 0 Å². The van der Waals surface area contributed by atoms with Crippen LogP contribution in [0, 0.1) is 0 Å². The van der Waals surface area contributed by atoms with Crippen molar-refractivity contribution in [1.29, 1.82) is 0 Å². The third-order valence-electron chi connectivity index (χ3n) is 1.01. The van der Waals surface area contributed by atoms with Crippen molar-refractivity contribution in [2.45, 2.75) is 12.5 Å². The molecule has 0 fully saturated rings. The fraction of sp³-hybridized carbons (Fsp3) is 0.375. The average Bonchev–Trinajstić information content (AvgIpc) is 2.00. The molecule has 0 heterocycles. The van der Waals surface area contributed by atoms with E-state index in [4.69, 9.17) is 5.11 Å². The minimum absolute atomic E-state index is 0. The summed E-state index contributed by atoms with van der Waals surface area (Å²) in [5.74, 6) is -0.634. The number of esters is 1. The van der Waals surface area contributed by atoms with Crippen LogP contribution in [0.1, 0.15) is 6.42 Å². The zero-order chi connectivity index (χ0) is 8.69. The van der Waals surface area contributed by atoms with Gasteiger partial charge in [0.05, 0.1) is 0 Å². The number of carbonyl (C=O) groups is 1. The maximum absolute atomic E-state index is 10.7. The van der Waals surface area contributed by atoms with Gasteiger partial charge in [0.2, 0.25) is 0 Å². The van der Waals surface area contributed by atoms with Crippen LogP contribution in [0.3, 0.4) is 0 Å². The van der Waals surface area contributed by atoms with E-state index in [1.54, 1.807) is 0 Å². The first kappa shape index (κ1) is 14.2. The van der Waals surface area contributed by atoms with E-state index in [2.05, 4.69) is 17.9 Å². The minimum atomic E-state index is -1.09. The molecule has 0 aromatic rings. The van der Waals surface area contributed by atoms with Crippen LogP contribution in [-0.4, -0.2) is 23.8 Å². The molecule has 0 bridgehead atoms. The van der Waals surface area contributed by atoms with Crippen molar-refractivity contribution < 1.29 is 36.4 Å². The van der Waals surface area contributed by atoms with Gasteiger partial charge in [-0.1, -0.05) is 18.7 Å². The molecular formula is C8H12O3Ti. The van der Waals surface area contributed by atoms with Crippen molar-refractivity contribution in [3.05, 3.63) is 25.3 Å². The predicted octanol–water partition coefficient (Wildman–Crippen LogP) is 0.650. The third kappa shape index (κ3) is 6.34. The molecule has 0 rings (SSSR count). The molecule has 3 nitrogen and oxygen atoms in total. The van der Waals surface area contributed by atoms with Gasteiger partial charge in [-0.25, -0.2) is 4.79 Å². The molecule has 0 aromatic heterocycles. The first-order chi connectivity index (χ1) is 5.22. The van der Waals surface area contributed by atoms with Crippen LogP contribution in [0.15, 0.2) is 25.3 Å². The number of aliphatic hydroxyl groups is 1. The average molecular weight is 204 g/mol. The molecule has 1 N–H and O–H groups in total. The molecule has 0 aliphatic carbocycles. The van der Waals surface area contributed by atoms with Crippen LogP contribution in [0.5, 0.6) is 0 Å². The van der Waals surface area contributed by atoms with Crippen molar-refractivity contribution in [2.75, 3.05) is 6.61 Å². The summed E-state index contributed by atoms with van der Waals surface area (Å²) in [6.07, 6.45) is 2.03. The molecule has 12 heavy (non-hydrogen) atoms. The number of rotatable bonds is 5. The number of aliphatic hydroxyl groups excluding tert-OH is 1. The van der Waals surface area contributed by atoms with Crippen LogP contribution in [0.25, 0.3) is 0 Å². The van der Waals surface area contributed by atoms with E-state index in [0.29, 0.717) is 0 Å². The Bertz CT molecular complexity index is 156. The van der Waals surface area contributed by atoms with Gasteiger partial charge in [0.1, 0.15) is 6.61 Å². The molecule has 0 radical (unpaired) electrons. The SMILES string of the molecule is C=CCOC(=O)C(O)CC=C.[Ti]. The number of ether oxygens (including phenoxy) is 1. The molecular weight excluding hydrogens is 192 g/mol. The summed E-state index contributed by atoms with van der Waals surface area (Å²) in [5.41, 5.74) is 0. The van der Waals surface area contributed by atoms with E-state index in [1.165, 1.54) is 12.2 Å². The fourth-order valence-electron chi connectivity index (χ4n) is 0.491. The molecule has 1 unspecified atom stereocenters. The summed E-state index contributed by atoms with van der Waals surface area (Å²) in [6, 6.07) is 0.